The summed E-state index contributed by atoms with van der Waals surface area (Å²) in [6.45, 7) is 2.76. The van der Waals surface area contributed by atoms with Gasteiger partial charge in [-0.2, -0.15) is 0 Å². The van der Waals surface area contributed by atoms with Crippen LogP contribution < -0.4 is 5.73 Å². The van der Waals surface area contributed by atoms with Crippen molar-refractivity contribution in [2.24, 2.45) is 5.73 Å². The largest absolute Gasteiger partial charge is 0.330 e. The molecule has 0 aliphatic heterocycles. The molecule has 1 aromatic heterocycles. The molecule has 0 spiro atoms. The molecule has 72 valence electrons. The third-order valence-corrected chi connectivity index (χ3v) is 2.55. The minimum Gasteiger partial charge on any atom is -0.330 e. The quantitative estimate of drug-likeness (QED) is 0.443. The second-order valence-corrected chi connectivity index (χ2v) is 3.95. The number of nitrogens with zero attached hydrogens (tertiary/aromatic N) is 2. The Bertz CT molecular complexity index is 235. The van der Waals surface area contributed by atoms with Crippen LogP contribution in [-0.4, -0.2) is 22.3 Å². The van der Waals surface area contributed by atoms with E-state index in [-0.39, 0.29) is 0 Å². The molecule has 2 N–H and O–H groups in total. The van der Waals surface area contributed by atoms with Gasteiger partial charge in [0.15, 0.2) is 5.16 Å². The first-order chi connectivity index (χ1) is 6.33. The maximum absolute atomic E-state index is 5.39. The Kier molecular flexibility index (Phi) is 4.78. The van der Waals surface area contributed by atoms with Gasteiger partial charge in [0, 0.05) is 18.1 Å². The fraction of sp³-hybridized carbons (Fsp3) is 0.556. The van der Waals surface area contributed by atoms with Crippen LogP contribution in [0.2, 0.25) is 0 Å². The molecule has 0 atom stereocenters. The number of rotatable bonds is 5. The molecule has 13 heavy (non-hydrogen) atoms. The van der Waals surface area contributed by atoms with E-state index in [1.807, 2.05) is 19.3 Å². The lowest BCUT2D eigenvalue weighted by Gasteiger charge is -1.98. The van der Waals surface area contributed by atoms with Crippen LogP contribution in [0, 0.1) is 6.92 Å². The van der Waals surface area contributed by atoms with E-state index >= 15 is 0 Å². The number of nitrogens with two attached hydrogens (primary N) is 1. The highest BCUT2D eigenvalue weighted by Gasteiger charge is 1.95. The summed E-state index contributed by atoms with van der Waals surface area (Å²) < 4.78 is 0. The maximum atomic E-state index is 5.39. The Morgan fingerprint density at radius 2 is 2.00 bits per heavy atom. The van der Waals surface area contributed by atoms with Crippen LogP contribution in [0.15, 0.2) is 17.6 Å². The maximum Gasteiger partial charge on any atom is 0.187 e. The Labute approximate surface area is 83.2 Å². The normalized spacial score (nSPS) is 10.3. The van der Waals surface area contributed by atoms with Crippen molar-refractivity contribution in [2.75, 3.05) is 12.3 Å². The highest BCUT2D eigenvalue weighted by atomic mass is 32.2. The van der Waals surface area contributed by atoms with Gasteiger partial charge in [0.25, 0.3) is 0 Å². The van der Waals surface area contributed by atoms with Crippen molar-refractivity contribution in [3.05, 3.63) is 18.0 Å². The molecule has 0 radical (unpaired) electrons. The van der Waals surface area contributed by atoms with Crippen LogP contribution in [0.5, 0.6) is 0 Å². The van der Waals surface area contributed by atoms with Gasteiger partial charge in [0.1, 0.15) is 0 Å². The molecule has 1 heterocycles. The lowest BCUT2D eigenvalue weighted by Crippen LogP contribution is -1.98. The number of unbranched alkanes of at least 4 members (excludes halogenated alkanes) is 1. The number of thioether (sulfide) groups is 1. The Morgan fingerprint density at radius 1 is 1.31 bits per heavy atom. The zero-order valence-electron chi connectivity index (χ0n) is 7.86. The summed E-state index contributed by atoms with van der Waals surface area (Å²) in [6, 6.07) is 0. The molecule has 0 aliphatic carbocycles. The summed E-state index contributed by atoms with van der Waals surface area (Å²) in [5.41, 5.74) is 6.49. The SMILES string of the molecule is Cc1cnc(SCCCCN)nc1. The van der Waals surface area contributed by atoms with Crippen LogP contribution in [0.4, 0.5) is 0 Å². The van der Waals surface area contributed by atoms with Crippen LogP contribution >= 0.6 is 11.8 Å². The molecule has 1 rings (SSSR count). The standard InChI is InChI=1S/C9H15N3S/c1-8-6-11-9(12-7-8)13-5-3-2-4-10/h6-7H,2-5,10H2,1H3. The molecule has 0 aliphatic rings. The fourth-order valence-electron chi connectivity index (χ4n) is 0.865. The van der Waals surface area contributed by atoms with Crippen molar-refractivity contribution >= 4 is 11.8 Å². The van der Waals surface area contributed by atoms with Crippen molar-refractivity contribution in [3.63, 3.8) is 0 Å². The molecule has 1 aromatic rings. The first-order valence-corrected chi connectivity index (χ1v) is 5.43. The number of aryl methyl sites for hydroxylation is 1. The molecule has 0 fully saturated rings. The van der Waals surface area contributed by atoms with Gasteiger partial charge in [-0.25, -0.2) is 9.97 Å². The molecule has 3 nitrogen and oxygen atoms in total. The highest BCUT2D eigenvalue weighted by molar-refractivity contribution is 7.99. The predicted molar refractivity (Wildman–Crippen MR) is 55.8 cm³/mol. The Morgan fingerprint density at radius 3 is 2.62 bits per heavy atom. The van der Waals surface area contributed by atoms with Gasteiger partial charge in [-0.3, -0.25) is 0 Å². The molecule has 4 heteroatoms. The molecule has 0 bridgehead atoms. The number of aromatic nitrogens is 2. The van der Waals surface area contributed by atoms with E-state index in [0.29, 0.717) is 0 Å². The lowest BCUT2D eigenvalue weighted by molar-refractivity contribution is 0.812. The zero-order valence-corrected chi connectivity index (χ0v) is 8.68. The van der Waals surface area contributed by atoms with Gasteiger partial charge in [-0.1, -0.05) is 11.8 Å². The lowest BCUT2D eigenvalue weighted by atomic mass is 10.3. The monoisotopic (exact) mass is 197 g/mol. The van der Waals surface area contributed by atoms with Crippen LogP contribution in [0.1, 0.15) is 18.4 Å². The third-order valence-electron chi connectivity index (χ3n) is 1.59. The molecule has 0 unspecified atom stereocenters. The highest BCUT2D eigenvalue weighted by Crippen LogP contribution is 2.13. The van der Waals surface area contributed by atoms with Crippen LogP contribution in [0.25, 0.3) is 0 Å². The van der Waals surface area contributed by atoms with Crippen molar-refractivity contribution in [2.45, 2.75) is 24.9 Å². The molecule has 0 amide bonds. The average Bonchev–Trinajstić information content (AvgIpc) is 2.15. The van der Waals surface area contributed by atoms with E-state index in [4.69, 9.17) is 5.73 Å². The first kappa shape index (κ1) is 10.5. The van der Waals surface area contributed by atoms with Crippen molar-refractivity contribution in [1.29, 1.82) is 0 Å². The zero-order chi connectivity index (χ0) is 9.52. The minimum atomic E-state index is 0.773. The van der Waals surface area contributed by atoms with Gasteiger partial charge in [0.2, 0.25) is 0 Å². The van der Waals surface area contributed by atoms with Gasteiger partial charge < -0.3 is 5.73 Å². The predicted octanol–water partition coefficient (Wildman–Crippen LogP) is 1.62. The Hall–Kier alpha value is -0.610. The van der Waals surface area contributed by atoms with E-state index in [1.165, 1.54) is 0 Å². The third kappa shape index (κ3) is 4.24. The molecule has 0 saturated heterocycles. The summed E-state index contributed by atoms with van der Waals surface area (Å²) >= 11 is 1.69. The summed E-state index contributed by atoms with van der Waals surface area (Å²) in [6.07, 6.45) is 5.91. The second-order valence-electron chi connectivity index (χ2n) is 2.89. The fourth-order valence-corrected chi connectivity index (χ4v) is 1.65. The first-order valence-electron chi connectivity index (χ1n) is 4.44. The van der Waals surface area contributed by atoms with Crippen LogP contribution in [-0.2, 0) is 0 Å². The van der Waals surface area contributed by atoms with Crippen molar-refractivity contribution in [1.82, 2.24) is 9.97 Å². The van der Waals surface area contributed by atoms with Crippen molar-refractivity contribution < 1.29 is 0 Å². The van der Waals surface area contributed by atoms with Gasteiger partial charge in [0.05, 0.1) is 0 Å². The number of hydrogen-bond acceptors (Lipinski definition) is 4. The average molecular weight is 197 g/mol. The van der Waals surface area contributed by atoms with Gasteiger partial charge >= 0.3 is 0 Å². The molecule has 0 saturated carbocycles. The summed E-state index contributed by atoms with van der Waals surface area (Å²) in [5.74, 6) is 1.06. The molecular weight excluding hydrogens is 182 g/mol. The van der Waals surface area contributed by atoms with Crippen LogP contribution in [0.3, 0.4) is 0 Å². The topological polar surface area (TPSA) is 51.8 Å². The molecular formula is C9H15N3S. The Balaban J connectivity index is 2.25. The minimum absolute atomic E-state index is 0.773. The second kappa shape index (κ2) is 5.94. The van der Waals surface area contributed by atoms with Gasteiger partial charge in [-0.05, 0) is 31.9 Å². The van der Waals surface area contributed by atoms with E-state index in [0.717, 1.165) is 35.9 Å². The smallest absolute Gasteiger partial charge is 0.187 e. The van der Waals surface area contributed by atoms with E-state index in [2.05, 4.69) is 9.97 Å². The van der Waals surface area contributed by atoms with E-state index in [9.17, 15) is 0 Å². The molecule has 0 aromatic carbocycles. The summed E-state index contributed by atoms with van der Waals surface area (Å²) in [4.78, 5) is 8.39. The van der Waals surface area contributed by atoms with Crippen molar-refractivity contribution in [3.8, 4) is 0 Å². The van der Waals surface area contributed by atoms with E-state index < -0.39 is 0 Å². The van der Waals surface area contributed by atoms with Gasteiger partial charge in [-0.15, -0.1) is 0 Å². The number of hydrogen-bond donors (Lipinski definition) is 1. The summed E-state index contributed by atoms with van der Waals surface area (Å²) in [5, 5.41) is 0.864. The summed E-state index contributed by atoms with van der Waals surface area (Å²) in [7, 11) is 0. The van der Waals surface area contributed by atoms with E-state index in [1.54, 1.807) is 11.8 Å².